The maximum atomic E-state index is 11.2. The van der Waals surface area contributed by atoms with Gasteiger partial charge in [-0.1, -0.05) is 29.3 Å². The van der Waals surface area contributed by atoms with Crippen LogP contribution in [0, 0.1) is 0 Å². The first-order chi connectivity index (χ1) is 8.61. The molecule has 0 saturated heterocycles. The van der Waals surface area contributed by atoms with Gasteiger partial charge in [-0.3, -0.25) is 9.59 Å². The van der Waals surface area contributed by atoms with Crippen LogP contribution in [0.25, 0.3) is 0 Å². The molecule has 0 spiro atoms. The second kappa shape index (κ2) is 5.38. The van der Waals surface area contributed by atoms with Crippen molar-refractivity contribution < 1.29 is 9.59 Å². The summed E-state index contributed by atoms with van der Waals surface area (Å²) >= 11 is 12.0. The van der Waals surface area contributed by atoms with E-state index in [1.54, 1.807) is 24.3 Å². The van der Waals surface area contributed by atoms with Crippen molar-refractivity contribution in [3.8, 4) is 0 Å². The summed E-state index contributed by atoms with van der Waals surface area (Å²) in [5.74, 6) is -0.104. The van der Waals surface area contributed by atoms with Crippen molar-refractivity contribution in [3.05, 3.63) is 51.7 Å². The van der Waals surface area contributed by atoms with Crippen molar-refractivity contribution in [3.63, 3.8) is 0 Å². The molecule has 0 amide bonds. The molecule has 0 aliphatic heterocycles. The van der Waals surface area contributed by atoms with Gasteiger partial charge < -0.3 is 5.32 Å². The van der Waals surface area contributed by atoms with Crippen molar-refractivity contribution in [2.75, 3.05) is 5.32 Å². The van der Waals surface area contributed by atoms with Crippen molar-refractivity contribution in [2.45, 2.75) is 6.42 Å². The van der Waals surface area contributed by atoms with E-state index in [4.69, 9.17) is 23.2 Å². The Bertz CT molecular complexity index is 556. The van der Waals surface area contributed by atoms with Crippen LogP contribution in [0.5, 0.6) is 0 Å². The minimum atomic E-state index is -0.104. The number of hydrogen-bond donors (Lipinski definition) is 1. The third-order valence-corrected chi connectivity index (χ3v) is 3.14. The van der Waals surface area contributed by atoms with Gasteiger partial charge in [0, 0.05) is 17.7 Å². The molecule has 3 nitrogen and oxygen atoms in total. The van der Waals surface area contributed by atoms with E-state index in [9.17, 15) is 9.59 Å². The van der Waals surface area contributed by atoms with E-state index >= 15 is 0 Å². The number of carbonyl (C=O) groups is 2. The molecule has 5 heteroatoms. The van der Waals surface area contributed by atoms with Gasteiger partial charge in [0.1, 0.15) is 6.29 Å². The maximum absolute atomic E-state index is 11.2. The van der Waals surface area contributed by atoms with Crippen LogP contribution < -0.4 is 5.32 Å². The van der Waals surface area contributed by atoms with Crippen LogP contribution in [-0.2, 0) is 9.59 Å². The zero-order valence-electron chi connectivity index (χ0n) is 9.24. The summed E-state index contributed by atoms with van der Waals surface area (Å²) in [5.41, 5.74) is 1.45. The smallest absolute Gasteiger partial charge is 0.160 e. The Kier molecular flexibility index (Phi) is 3.84. The van der Waals surface area contributed by atoms with Crippen molar-refractivity contribution in [1.82, 2.24) is 0 Å². The average molecular weight is 282 g/mol. The minimum absolute atomic E-state index is 0.0877. The van der Waals surface area contributed by atoms with Crippen molar-refractivity contribution in [2.24, 2.45) is 0 Å². The molecule has 92 valence electrons. The molecular weight excluding hydrogens is 273 g/mol. The van der Waals surface area contributed by atoms with E-state index < -0.39 is 0 Å². The van der Waals surface area contributed by atoms with Crippen molar-refractivity contribution >= 4 is 41.0 Å². The summed E-state index contributed by atoms with van der Waals surface area (Å²) in [6.07, 6.45) is 3.72. The Balaban J connectivity index is 2.37. The first-order valence-electron chi connectivity index (χ1n) is 5.22. The SMILES string of the molecule is O=CC1=C(Nc2c(Cl)cccc2Cl)C=CC(=O)C1. The minimum Gasteiger partial charge on any atom is -0.353 e. The Hall–Kier alpha value is -1.58. The van der Waals surface area contributed by atoms with Gasteiger partial charge in [0.05, 0.1) is 15.7 Å². The first kappa shape index (κ1) is 12.9. The van der Waals surface area contributed by atoms with Crippen molar-refractivity contribution in [1.29, 1.82) is 0 Å². The molecule has 1 aliphatic rings. The second-order valence-corrected chi connectivity index (χ2v) is 4.57. The number of carbonyl (C=O) groups excluding carboxylic acids is 2. The lowest BCUT2D eigenvalue weighted by molar-refractivity contribution is -0.115. The van der Waals surface area contributed by atoms with Crippen LogP contribution in [0.15, 0.2) is 41.6 Å². The maximum Gasteiger partial charge on any atom is 0.160 e. The fourth-order valence-corrected chi connectivity index (χ4v) is 2.10. The van der Waals surface area contributed by atoms with Crippen LogP contribution >= 0.6 is 23.2 Å². The molecule has 0 bridgehead atoms. The van der Waals surface area contributed by atoms with Crippen LogP contribution in [0.4, 0.5) is 5.69 Å². The number of benzene rings is 1. The molecule has 0 atom stereocenters. The second-order valence-electron chi connectivity index (χ2n) is 3.75. The van der Waals surface area contributed by atoms with E-state index in [0.29, 0.717) is 33.3 Å². The topological polar surface area (TPSA) is 46.2 Å². The van der Waals surface area contributed by atoms with Crippen LogP contribution in [-0.4, -0.2) is 12.1 Å². The normalized spacial score (nSPS) is 14.9. The Morgan fingerprint density at radius 2 is 1.83 bits per heavy atom. The number of ketones is 1. The predicted octanol–water partition coefficient (Wildman–Crippen LogP) is 3.39. The molecule has 0 aromatic heterocycles. The van der Waals surface area contributed by atoms with Crippen LogP contribution in [0.2, 0.25) is 10.0 Å². The summed E-state index contributed by atoms with van der Waals surface area (Å²) in [6, 6.07) is 5.11. The average Bonchev–Trinajstić information content (AvgIpc) is 2.35. The molecule has 1 aliphatic carbocycles. The van der Waals surface area contributed by atoms with Gasteiger partial charge in [0.15, 0.2) is 5.78 Å². The molecule has 1 aromatic carbocycles. The summed E-state index contributed by atoms with van der Waals surface area (Å²) in [7, 11) is 0. The standard InChI is InChI=1S/C13H9Cl2NO2/c14-10-2-1-3-11(15)13(10)16-12-5-4-9(18)6-8(12)7-17/h1-5,7,16H,6H2. The van der Waals surface area contributed by atoms with Crippen LogP contribution in [0.1, 0.15) is 6.42 Å². The van der Waals surface area contributed by atoms with Gasteiger partial charge in [0.2, 0.25) is 0 Å². The molecule has 0 saturated carbocycles. The predicted molar refractivity (Wildman–Crippen MR) is 71.9 cm³/mol. The number of hydrogen-bond acceptors (Lipinski definition) is 3. The molecular formula is C13H9Cl2NO2. The fourth-order valence-electron chi connectivity index (χ4n) is 1.60. The molecule has 0 heterocycles. The van der Waals surface area contributed by atoms with Gasteiger partial charge in [-0.25, -0.2) is 0 Å². The molecule has 18 heavy (non-hydrogen) atoms. The number of nitrogens with one attached hydrogen (secondary N) is 1. The lowest BCUT2D eigenvalue weighted by atomic mass is 10.0. The molecule has 2 rings (SSSR count). The van der Waals surface area contributed by atoms with Gasteiger partial charge in [-0.15, -0.1) is 0 Å². The highest BCUT2D eigenvalue weighted by Crippen LogP contribution is 2.32. The van der Waals surface area contributed by atoms with Gasteiger partial charge in [-0.2, -0.15) is 0 Å². The summed E-state index contributed by atoms with van der Waals surface area (Å²) in [6.45, 7) is 0. The summed E-state index contributed by atoms with van der Waals surface area (Å²) in [5, 5.41) is 3.88. The third kappa shape index (κ3) is 2.63. The monoisotopic (exact) mass is 281 g/mol. The van der Waals surface area contributed by atoms with E-state index in [0.717, 1.165) is 0 Å². The zero-order chi connectivity index (χ0) is 13.1. The largest absolute Gasteiger partial charge is 0.353 e. The number of rotatable bonds is 3. The van der Waals surface area contributed by atoms with E-state index in [1.807, 2.05) is 0 Å². The molecule has 1 aromatic rings. The summed E-state index contributed by atoms with van der Waals surface area (Å²) in [4.78, 5) is 22.1. The number of allylic oxidation sites excluding steroid dienone is 3. The van der Waals surface area contributed by atoms with E-state index in [1.165, 1.54) is 6.08 Å². The number of aldehydes is 1. The zero-order valence-corrected chi connectivity index (χ0v) is 10.8. The van der Waals surface area contributed by atoms with Gasteiger partial charge in [0.25, 0.3) is 0 Å². The Labute approximate surface area is 114 Å². The first-order valence-corrected chi connectivity index (χ1v) is 5.97. The number of halogens is 2. The highest BCUT2D eigenvalue weighted by Gasteiger charge is 2.15. The fraction of sp³-hybridized carbons (Fsp3) is 0.0769. The lowest BCUT2D eigenvalue weighted by Crippen LogP contribution is -2.11. The Morgan fingerprint density at radius 1 is 1.17 bits per heavy atom. The molecule has 1 N–H and O–H groups in total. The van der Waals surface area contributed by atoms with Crippen LogP contribution in [0.3, 0.4) is 0 Å². The number of para-hydroxylation sites is 1. The van der Waals surface area contributed by atoms with E-state index in [2.05, 4.69) is 5.32 Å². The molecule has 0 fully saturated rings. The quantitative estimate of drug-likeness (QED) is 0.864. The third-order valence-electron chi connectivity index (χ3n) is 2.51. The molecule has 0 radical (unpaired) electrons. The van der Waals surface area contributed by atoms with E-state index in [-0.39, 0.29) is 12.2 Å². The lowest BCUT2D eigenvalue weighted by Gasteiger charge is -2.15. The van der Waals surface area contributed by atoms with Gasteiger partial charge in [-0.05, 0) is 24.3 Å². The van der Waals surface area contributed by atoms with Gasteiger partial charge >= 0.3 is 0 Å². The Morgan fingerprint density at radius 3 is 2.44 bits per heavy atom. The highest BCUT2D eigenvalue weighted by atomic mass is 35.5. The summed E-state index contributed by atoms with van der Waals surface area (Å²) < 4.78 is 0. The number of anilines is 1. The molecule has 0 unspecified atom stereocenters. The highest BCUT2D eigenvalue weighted by molar-refractivity contribution is 6.39.